The Bertz CT molecular complexity index is 294. The first-order valence-corrected chi connectivity index (χ1v) is 7.25. The van der Waals surface area contributed by atoms with Crippen molar-refractivity contribution >= 4 is 5.97 Å². The Labute approximate surface area is 117 Å². The predicted octanol–water partition coefficient (Wildman–Crippen LogP) is 0.683. The van der Waals surface area contributed by atoms with Gasteiger partial charge in [0, 0.05) is 25.7 Å². The molecule has 19 heavy (non-hydrogen) atoms. The van der Waals surface area contributed by atoms with E-state index in [0.29, 0.717) is 19.1 Å². The molecule has 0 amide bonds. The number of rotatable bonds is 6. The number of nitrogens with zero attached hydrogens (tertiary/aromatic N) is 2. The van der Waals surface area contributed by atoms with Gasteiger partial charge in [-0.25, -0.2) is 0 Å². The lowest BCUT2D eigenvalue weighted by Crippen LogP contribution is -2.51. The molecule has 5 heteroatoms. The van der Waals surface area contributed by atoms with Gasteiger partial charge in [0.05, 0.1) is 6.61 Å². The lowest BCUT2D eigenvalue weighted by Gasteiger charge is -2.38. The zero-order valence-corrected chi connectivity index (χ0v) is 12.8. The number of esters is 1. The smallest absolute Gasteiger partial charge is 0.325 e. The minimum atomic E-state index is -0.853. The summed E-state index contributed by atoms with van der Waals surface area (Å²) in [5.74, 6) is -0.290. The lowest BCUT2D eigenvalue weighted by atomic mass is 9.97. The highest BCUT2D eigenvalue weighted by Gasteiger charge is 2.29. The first-order valence-electron chi connectivity index (χ1n) is 7.25. The minimum absolute atomic E-state index is 0.290. The van der Waals surface area contributed by atoms with Crippen LogP contribution in [0.25, 0.3) is 0 Å². The van der Waals surface area contributed by atoms with Gasteiger partial charge in [0.15, 0.2) is 0 Å². The molecule has 1 heterocycles. The molecular weight excluding hydrogens is 242 g/mol. The summed E-state index contributed by atoms with van der Waals surface area (Å²) in [6.07, 6.45) is 1.61. The van der Waals surface area contributed by atoms with Crippen LogP contribution >= 0.6 is 0 Å². The summed E-state index contributed by atoms with van der Waals surface area (Å²) in [7, 11) is 2.17. The van der Waals surface area contributed by atoms with Crippen LogP contribution in [0.2, 0.25) is 0 Å². The molecule has 2 unspecified atom stereocenters. The molecular formula is C14H29N3O2. The second kappa shape index (κ2) is 7.22. The molecule has 0 aromatic rings. The summed E-state index contributed by atoms with van der Waals surface area (Å²) in [4.78, 5) is 16.5. The molecule has 112 valence electrons. The highest BCUT2D eigenvalue weighted by Crippen LogP contribution is 2.13. The van der Waals surface area contributed by atoms with Gasteiger partial charge in [0.1, 0.15) is 5.54 Å². The van der Waals surface area contributed by atoms with Crippen molar-refractivity contribution in [2.75, 3.05) is 39.8 Å². The number of carbonyl (C=O) groups excluding carboxylic acids is 1. The fourth-order valence-electron chi connectivity index (χ4n) is 2.39. The van der Waals surface area contributed by atoms with Gasteiger partial charge in [-0.05, 0) is 47.2 Å². The Morgan fingerprint density at radius 1 is 1.47 bits per heavy atom. The van der Waals surface area contributed by atoms with E-state index in [1.165, 1.54) is 0 Å². The van der Waals surface area contributed by atoms with Crippen molar-refractivity contribution in [1.82, 2.24) is 9.80 Å². The fourth-order valence-corrected chi connectivity index (χ4v) is 2.39. The van der Waals surface area contributed by atoms with Crippen molar-refractivity contribution in [2.45, 2.75) is 45.2 Å². The van der Waals surface area contributed by atoms with E-state index in [0.717, 1.165) is 32.6 Å². The molecule has 0 aromatic heterocycles. The summed E-state index contributed by atoms with van der Waals surface area (Å²) in [5.41, 5.74) is 5.16. The van der Waals surface area contributed by atoms with Gasteiger partial charge in [-0.2, -0.15) is 0 Å². The van der Waals surface area contributed by atoms with E-state index in [2.05, 4.69) is 23.8 Å². The molecule has 0 radical (unpaired) electrons. The van der Waals surface area contributed by atoms with E-state index < -0.39 is 5.54 Å². The second-order valence-electron chi connectivity index (χ2n) is 5.87. The van der Waals surface area contributed by atoms with Crippen LogP contribution in [0.4, 0.5) is 0 Å². The average Bonchev–Trinajstić information content (AvgIpc) is 2.34. The maximum absolute atomic E-state index is 11.7. The van der Waals surface area contributed by atoms with Gasteiger partial charge in [0.25, 0.3) is 0 Å². The van der Waals surface area contributed by atoms with Crippen LogP contribution in [-0.4, -0.2) is 67.2 Å². The molecule has 1 aliphatic heterocycles. The van der Waals surface area contributed by atoms with Crippen LogP contribution in [0.3, 0.4) is 0 Å². The monoisotopic (exact) mass is 271 g/mol. The standard InChI is InChI=1S/C14H29N3O2/c1-5-19-13(18)14(3,15)7-6-8-17-10-9-16(4)12(2)11-17/h12H,5-11,15H2,1-4H3. The lowest BCUT2D eigenvalue weighted by molar-refractivity contribution is -0.149. The third-order valence-electron chi connectivity index (χ3n) is 3.96. The van der Waals surface area contributed by atoms with Crippen molar-refractivity contribution in [1.29, 1.82) is 0 Å². The zero-order valence-electron chi connectivity index (χ0n) is 12.8. The van der Waals surface area contributed by atoms with Crippen LogP contribution in [0.15, 0.2) is 0 Å². The molecule has 1 fully saturated rings. The first kappa shape index (κ1) is 16.4. The summed E-state index contributed by atoms with van der Waals surface area (Å²) >= 11 is 0. The molecule has 0 aromatic carbocycles. The van der Waals surface area contributed by atoms with Crippen molar-refractivity contribution in [3.8, 4) is 0 Å². The van der Waals surface area contributed by atoms with Crippen molar-refractivity contribution in [3.05, 3.63) is 0 Å². The third-order valence-corrected chi connectivity index (χ3v) is 3.96. The molecule has 1 saturated heterocycles. The number of ether oxygens (including phenoxy) is 1. The van der Waals surface area contributed by atoms with Crippen LogP contribution in [0, 0.1) is 0 Å². The maximum atomic E-state index is 11.7. The topological polar surface area (TPSA) is 58.8 Å². The number of likely N-dealkylation sites (N-methyl/N-ethyl adjacent to an activating group) is 1. The summed E-state index contributed by atoms with van der Waals surface area (Å²) in [6.45, 7) is 10.5. The normalized spacial score (nSPS) is 25.0. The Balaban J connectivity index is 2.28. The molecule has 2 atom stereocenters. The Kier molecular flexibility index (Phi) is 6.23. The fraction of sp³-hybridized carbons (Fsp3) is 0.929. The van der Waals surface area contributed by atoms with Crippen LogP contribution < -0.4 is 5.73 Å². The molecule has 0 spiro atoms. The quantitative estimate of drug-likeness (QED) is 0.720. The highest BCUT2D eigenvalue weighted by atomic mass is 16.5. The number of hydrogen-bond acceptors (Lipinski definition) is 5. The van der Waals surface area contributed by atoms with Crippen molar-refractivity contribution in [3.63, 3.8) is 0 Å². The summed E-state index contributed by atoms with van der Waals surface area (Å²) in [6, 6.07) is 0.600. The van der Waals surface area contributed by atoms with Crippen LogP contribution in [-0.2, 0) is 9.53 Å². The van der Waals surface area contributed by atoms with Crippen molar-refractivity contribution < 1.29 is 9.53 Å². The van der Waals surface area contributed by atoms with Gasteiger partial charge in [-0.3, -0.25) is 4.79 Å². The Morgan fingerprint density at radius 2 is 2.16 bits per heavy atom. The SMILES string of the molecule is CCOC(=O)C(C)(N)CCCN1CCN(C)C(C)C1. The molecule has 0 bridgehead atoms. The number of piperazine rings is 1. The minimum Gasteiger partial charge on any atom is -0.465 e. The second-order valence-corrected chi connectivity index (χ2v) is 5.87. The predicted molar refractivity (Wildman–Crippen MR) is 77.0 cm³/mol. The van der Waals surface area contributed by atoms with Gasteiger partial charge in [-0.1, -0.05) is 0 Å². The number of nitrogens with two attached hydrogens (primary N) is 1. The van der Waals surface area contributed by atoms with Crippen LogP contribution in [0.1, 0.15) is 33.6 Å². The summed E-state index contributed by atoms with van der Waals surface area (Å²) < 4.78 is 5.00. The zero-order chi connectivity index (χ0) is 14.5. The van der Waals surface area contributed by atoms with E-state index in [1.54, 1.807) is 13.8 Å². The van der Waals surface area contributed by atoms with E-state index in [-0.39, 0.29) is 5.97 Å². The molecule has 1 aliphatic rings. The molecule has 1 rings (SSSR count). The molecule has 0 saturated carbocycles. The molecule has 2 N–H and O–H groups in total. The maximum Gasteiger partial charge on any atom is 0.325 e. The van der Waals surface area contributed by atoms with Gasteiger partial charge >= 0.3 is 5.97 Å². The highest BCUT2D eigenvalue weighted by molar-refractivity contribution is 5.79. The molecule has 0 aliphatic carbocycles. The summed E-state index contributed by atoms with van der Waals surface area (Å²) in [5, 5.41) is 0. The van der Waals surface area contributed by atoms with E-state index in [1.807, 2.05) is 0 Å². The Morgan fingerprint density at radius 3 is 2.74 bits per heavy atom. The van der Waals surface area contributed by atoms with Crippen molar-refractivity contribution in [2.24, 2.45) is 5.73 Å². The van der Waals surface area contributed by atoms with Gasteiger partial charge < -0.3 is 20.3 Å². The first-order chi connectivity index (χ1) is 8.86. The number of carbonyl (C=O) groups is 1. The van der Waals surface area contributed by atoms with E-state index in [9.17, 15) is 4.79 Å². The van der Waals surface area contributed by atoms with Gasteiger partial charge in [0.2, 0.25) is 0 Å². The molecule has 5 nitrogen and oxygen atoms in total. The Hall–Kier alpha value is -0.650. The van der Waals surface area contributed by atoms with E-state index >= 15 is 0 Å². The average molecular weight is 271 g/mol. The largest absolute Gasteiger partial charge is 0.465 e. The van der Waals surface area contributed by atoms with Gasteiger partial charge in [-0.15, -0.1) is 0 Å². The van der Waals surface area contributed by atoms with E-state index in [4.69, 9.17) is 10.5 Å². The number of hydrogen-bond donors (Lipinski definition) is 1. The third kappa shape index (κ3) is 5.09. The van der Waals surface area contributed by atoms with Crippen LogP contribution in [0.5, 0.6) is 0 Å².